The van der Waals surface area contributed by atoms with E-state index in [1.165, 1.54) is 6.20 Å². The van der Waals surface area contributed by atoms with Crippen molar-refractivity contribution in [2.45, 2.75) is 18.9 Å². The molecule has 0 radical (unpaired) electrons. The predicted molar refractivity (Wildman–Crippen MR) is 82.6 cm³/mol. The Morgan fingerprint density at radius 2 is 2.00 bits per heavy atom. The highest BCUT2D eigenvalue weighted by molar-refractivity contribution is 9.10. The molecule has 5 nitrogen and oxygen atoms in total. The van der Waals surface area contributed by atoms with Crippen molar-refractivity contribution in [3.8, 4) is 0 Å². The molecule has 0 aliphatic heterocycles. The molecule has 0 unspecified atom stereocenters. The number of aryl methyl sites for hydroxylation is 3. The Labute approximate surface area is 131 Å². The smallest absolute Gasteiger partial charge is 0.280 e. The van der Waals surface area contributed by atoms with Gasteiger partial charge in [0, 0.05) is 22.7 Å². The van der Waals surface area contributed by atoms with Crippen LogP contribution in [0.15, 0.2) is 27.8 Å². The predicted octanol–water partition coefficient (Wildman–Crippen LogP) is 3.25. The number of benzene rings is 1. The number of nitrogens with one attached hydrogen (secondary N) is 1. The second-order valence-corrected chi connectivity index (χ2v) is 7.31. The van der Waals surface area contributed by atoms with Crippen LogP contribution in [0.3, 0.4) is 0 Å². The molecule has 1 aromatic heterocycles. The summed E-state index contributed by atoms with van der Waals surface area (Å²) in [6.07, 6.45) is 1.46. The van der Waals surface area contributed by atoms with Crippen molar-refractivity contribution < 1.29 is 8.42 Å². The Kier molecular flexibility index (Phi) is 4.13. The van der Waals surface area contributed by atoms with Crippen molar-refractivity contribution in [3.05, 3.63) is 39.2 Å². The van der Waals surface area contributed by atoms with E-state index in [4.69, 9.17) is 11.6 Å². The van der Waals surface area contributed by atoms with Crippen molar-refractivity contribution in [1.29, 1.82) is 0 Å². The van der Waals surface area contributed by atoms with Crippen LogP contribution in [-0.2, 0) is 17.1 Å². The summed E-state index contributed by atoms with van der Waals surface area (Å²) in [5.41, 5.74) is 1.24. The van der Waals surface area contributed by atoms with Crippen LogP contribution in [0.1, 0.15) is 11.4 Å². The van der Waals surface area contributed by atoms with Gasteiger partial charge >= 0.3 is 0 Å². The molecular weight excluding hydrogens is 366 g/mol. The summed E-state index contributed by atoms with van der Waals surface area (Å²) in [5.74, 6) is 0.617. The third kappa shape index (κ3) is 2.99. The van der Waals surface area contributed by atoms with Crippen molar-refractivity contribution in [3.63, 3.8) is 0 Å². The molecular formula is C12H13BrClN3O2S. The summed E-state index contributed by atoms with van der Waals surface area (Å²) >= 11 is 9.33. The molecule has 20 heavy (non-hydrogen) atoms. The first-order valence-electron chi connectivity index (χ1n) is 5.69. The van der Waals surface area contributed by atoms with Crippen LogP contribution in [-0.4, -0.2) is 18.0 Å². The molecule has 0 aliphatic carbocycles. The lowest BCUT2D eigenvalue weighted by Crippen LogP contribution is -2.14. The summed E-state index contributed by atoms with van der Waals surface area (Å²) in [7, 11) is -2.00. The fraction of sp³-hybridized carbons (Fsp3) is 0.250. The Morgan fingerprint density at radius 1 is 1.35 bits per heavy atom. The summed E-state index contributed by atoms with van der Waals surface area (Å²) < 4.78 is 29.3. The highest BCUT2D eigenvalue weighted by atomic mass is 79.9. The Hall–Kier alpha value is -1.05. The lowest BCUT2D eigenvalue weighted by atomic mass is 10.2. The van der Waals surface area contributed by atoms with E-state index in [2.05, 4.69) is 25.6 Å². The first-order valence-corrected chi connectivity index (χ1v) is 8.34. The van der Waals surface area contributed by atoms with E-state index in [1.807, 2.05) is 6.92 Å². The standard InChI is InChI=1S/C12H13BrClN3O2S/c1-7-4-9(13)11(5-10(7)14)16-20(18,19)12-6-17(3)8(2)15-12/h4-6,16H,1-3H3. The highest BCUT2D eigenvalue weighted by Gasteiger charge is 2.20. The zero-order chi connectivity index (χ0) is 15.1. The molecule has 0 spiro atoms. The monoisotopic (exact) mass is 377 g/mol. The molecule has 1 heterocycles. The molecule has 0 atom stereocenters. The molecule has 0 amide bonds. The molecule has 8 heteroatoms. The normalized spacial score (nSPS) is 11.7. The van der Waals surface area contributed by atoms with Gasteiger partial charge < -0.3 is 4.57 Å². The zero-order valence-electron chi connectivity index (χ0n) is 11.1. The zero-order valence-corrected chi connectivity index (χ0v) is 14.3. The molecule has 2 aromatic rings. The average molecular weight is 379 g/mol. The summed E-state index contributed by atoms with van der Waals surface area (Å²) in [4.78, 5) is 4.01. The molecule has 0 fully saturated rings. The SMILES string of the molecule is Cc1cc(Br)c(NS(=O)(=O)c2cn(C)c(C)n2)cc1Cl. The maximum absolute atomic E-state index is 12.3. The van der Waals surface area contributed by atoms with Gasteiger partial charge in [-0.1, -0.05) is 11.6 Å². The van der Waals surface area contributed by atoms with Gasteiger partial charge in [-0.25, -0.2) is 4.98 Å². The van der Waals surface area contributed by atoms with Crippen LogP contribution >= 0.6 is 27.5 Å². The number of nitrogens with zero attached hydrogens (tertiary/aromatic N) is 2. The third-order valence-electron chi connectivity index (χ3n) is 2.85. The van der Waals surface area contributed by atoms with Crippen molar-refractivity contribution in [2.24, 2.45) is 7.05 Å². The minimum atomic E-state index is -3.74. The molecule has 1 aromatic carbocycles. The average Bonchev–Trinajstić information content (AvgIpc) is 2.67. The van der Waals surface area contributed by atoms with Gasteiger partial charge in [-0.3, -0.25) is 4.72 Å². The number of aromatic nitrogens is 2. The summed E-state index contributed by atoms with van der Waals surface area (Å²) in [6, 6.07) is 3.32. The fourth-order valence-electron chi connectivity index (χ4n) is 1.58. The quantitative estimate of drug-likeness (QED) is 0.891. The highest BCUT2D eigenvalue weighted by Crippen LogP contribution is 2.30. The first kappa shape index (κ1) is 15.3. The lowest BCUT2D eigenvalue weighted by Gasteiger charge is -2.09. The van der Waals surface area contributed by atoms with Gasteiger partial charge in [0.05, 0.1) is 5.69 Å². The minimum absolute atomic E-state index is 0.0268. The number of rotatable bonds is 3. The summed E-state index contributed by atoms with van der Waals surface area (Å²) in [5, 5.41) is 0.462. The van der Waals surface area contributed by atoms with Crippen LogP contribution in [0.2, 0.25) is 5.02 Å². The summed E-state index contributed by atoms with van der Waals surface area (Å²) in [6.45, 7) is 3.57. The first-order chi connectivity index (χ1) is 9.20. The maximum Gasteiger partial charge on any atom is 0.280 e. The number of anilines is 1. The maximum atomic E-state index is 12.3. The number of sulfonamides is 1. The number of halogens is 2. The number of hydrogen-bond acceptors (Lipinski definition) is 3. The van der Waals surface area contributed by atoms with Gasteiger partial charge in [-0.05, 0) is 47.5 Å². The van der Waals surface area contributed by atoms with Crippen molar-refractivity contribution in [2.75, 3.05) is 4.72 Å². The molecule has 0 bridgehead atoms. The van der Waals surface area contributed by atoms with Crippen LogP contribution in [0.5, 0.6) is 0 Å². The van der Waals surface area contributed by atoms with E-state index >= 15 is 0 Å². The number of hydrogen-bond donors (Lipinski definition) is 1. The molecule has 0 saturated heterocycles. The van der Waals surface area contributed by atoms with Crippen molar-refractivity contribution >= 4 is 43.2 Å². The Bertz CT molecular complexity index is 752. The topological polar surface area (TPSA) is 64.0 Å². The van der Waals surface area contributed by atoms with Gasteiger partial charge in [0.25, 0.3) is 10.0 Å². The largest absolute Gasteiger partial charge is 0.337 e. The Balaban J connectivity index is 2.40. The van der Waals surface area contributed by atoms with E-state index < -0.39 is 10.0 Å². The molecule has 108 valence electrons. The molecule has 0 aliphatic rings. The minimum Gasteiger partial charge on any atom is -0.337 e. The van der Waals surface area contributed by atoms with E-state index in [0.29, 0.717) is 21.0 Å². The molecule has 0 saturated carbocycles. The van der Waals surface area contributed by atoms with Gasteiger partial charge in [0.2, 0.25) is 0 Å². The van der Waals surface area contributed by atoms with E-state index in [0.717, 1.165) is 5.56 Å². The Morgan fingerprint density at radius 3 is 2.55 bits per heavy atom. The van der Waals surface area contributed by atoms with E-state index in [9.17, 15) is 8.42 Å². The van der Waals surface area contributed by atoms with E-state index in [1.54, 1.807) is 30.7 Å². The van der Waals surface area contributed by atoms with Crippen molar-refractivity contribution in [1.82, 2.24) is 9.55 Å². The van der Waals surface area contributed by atoms with Crippen LogP contribution in [0.4, 0.5) is 5.69 Å². The van der Waals surface area contributed by atoms with Gasteiger partial charge in [0.15, 0.2) is 5.03 Å². The van der Waals surface area contributed by atoms with Crippen LogP contribution < -0.4 is 4.72 Å². The molecule has 2 rings (SSSR count). The van der Waals surface area contributed by atoms with E-state index in [-0.39, 0.29) is 5.03 Å². The van der Waals surface area contributed by atoms with Gasteiger partial charge in [-0.15, -0.1) is 0 Å². The fourth-order valence-corrected chi connectivity index (χ4v) is 3.54. The lowest BCUT2D eigenvalue weighted by molar-refractivity contribution is 0.598. The van der Waals surface area contributed by atoms with Crippen LogP contribution in [0, 0.1) is 13.8 Å². The molecule has 1 N–H and O–H groups in total. The van der Waals surface area contributed by atoms with Gasteiger partial charge in [-0.2, -0.15) is 8.42 Å². The van der Waals surface area contributed by atoms with Gasteiger partial charge in [0.1, 0.15) is 5.82 Å². The van der Waals surface area contributed by atoms with Crippen LogP contribution in [0.25, 0.3) is 0 Å². The second-order valence-electron chi connectivity index (χ2n) is 4.42. The number of imidazole rings is 1. The second kappa shape index (κ2) is 5.38. The third-order valence-corrected chi connectivity index (χ3v) is 5.15.